The van der Waals surface area contributed by atoms with Crippen LogP contribution < -0.4 is 0 Å². The van der Waals surface area contributed by atoms with E-state index in [-0.39, 0.29) is 46.5 Å². The van der Waals surface area contributed by atoms with Crippen LogP contribution in [0.25, 0.3) is 0 Å². The van der Waals surface area contributed by atoms with E-state index in [1.807, 2.05) is 0 Å². The van der Waals surface area contributed by atoms with Crippen LogP contribution in [0.4, 0.5) is 0 Å². The summed E-state index contributed by atoms with van der Waals surface area (Å²) >= 11 is 0. The van der Waals surface area contributed by atoms with Crippen molar-refractivity contribution in [2.75, 3.05) is 0 Å². The third-order valence-corrected chi connectivity index (χ3v) is 1.39. The molecule has 3 heteroatoms. The molecule has 0 atom stereocenters. The molecule has 0 unspecified atom stereocenters. The van der Waals surface area contributed by atoms with Gasteiger partial charge >= 0.3 is 0 Å². The molecule has 0 heterocycles. The van der Waals surface area contributed by atoms with Crippen LogP contribution in [-0.4, -0.2) is 0 Å². The normalized spacial score (nSPS) is 12.8. The third-order valence-electron chi connectivity index (χ3n) is 1.39. The molecule has 0 aromatic carbocycles. The first-order valence-electron chi connectivity index (χ1n) is 3.07. The predicted molar refractivity (Wildman–Crippen MR) is 49.8 cm³/mol. The van der Waals surface area contributed by atoms with Crippen molar-refractivity contribution in [3.05, 3.63) is 23.8 Å². The quantitative estimate of drug-likeness (QED) is 0.477. The van der Waals surface area contributed by atoms with Gasteiger partial charge in [-0.05, 0) is 0 Å². The van der Waals surface area contributed by atoms with Gasteiger partial charge in [0.05, 0.1) is 0 Å². The fraction of sp³-hybridized carbons (Fsp3) is 0.500. The van der Waals surface area contributed by atoms with Gasteiger partial charge < -0.3 is 0 Å². The summed E-state index contributed by atoms with van der Waals surface area (Å²) in [5.74, 6) is 0.685. The second-order valence-electron chi connectivity index (χ2n) is 2.41. The van der Waals surface area contributed by atoms with E-state index in [2.05, 4.69) is 32.1 Å². The van der Waals surface area contributed by atoms with E-state index in [1.165, 1.54) is 5.57 Å². The molecule has 64 valence electrons. The average molecular weight is 228 g/mol. The van der Waals surface area contributed by atoms with Gasteiger partial charge in [0.2, 0.25) is 0 Å². The molecule has 0 nitrogen and oxygen atoms in total. The molecule has 0 saturated heterocycles. The third kappa shape index (κ3) is 5.98. The van der Waals surface area contributed by atoms with Gasteiger partial charge in [0.1, 0.15) is 0 Å². The zero-order chi connectivity index (χ0) is 5.98. The maximum atomic E-state index is 3.14. The van der Waals surface area contributed by atoms with Crippen molar-refractivity contribution in [3.8, 4) is 0 Å². The molecule has 1 aliphatic rings. The number of allylic oxidation sites excluding steroid dienone is 4. The van der Waals surface area contributed by atoms with Crippen LogP contribution >= 0.6 is 24.8 Å². The molecule has 1 aliphatic carbocycles. The summed E-state index contributed by atoms with van der Waals surface area (Å²) < 4.78 is 0. The van der Waals surface area contributed by atoms with E-state index < -0.39 is 0 Å². The van der Waals surface area contributed by atoms with E-state index in [4.69, 9.17) is 0 Å². The SMILES string of the molecule is CC(C)C1=CC[C-]=C1.Cl.Cl.[Ti]. The monoisotopic (exact) mass is 227 g/mol. The fourth-order valence-electron chi connectivity index (χ4n) is 0.815. The van der Waals surface area contributed by atoms with Crippen molar-refractivity contribution < 1.29 is 21.7 Å². The molecular weight excluding hydrogens is 215 g/mol. The summed E-state index contributed by atoms with van der Waals surface area (Å²) in [7, 11) is 0. The van der Waals surface area contributed by atoms with Crippen LogP contribution in [0.15, 0.2) is 17.7 Å². The standard InChI is InChI=1S/C8H11.2ClH.Ti/c1-7(2)8-5-3-4-6-8;;;/h5-7H,3H2,1-2H3;2*1H;/q-1;;;. The van der Waals surface area contributed by atoms with E-state index in [9.17, 15) is 0 Å². The van der Waals surface area contributed by atoms with Crippen LogP contribution in [0.2, 0.25) is 0 Å². The second-order valence-corrected chi connectivity index (χ2v) is 2.41. The summed E-state index contributed by atoms with van der Waals surface area (Å²) in [6.45, 7) is 4.41. The minimum Gasteiger partial charge on any atom is -0.273 e. The molecular formula is C8H13Cl2Ti-. The van der Waals surface area contributed by atoms with Crippen molar-refractivity contribution >= 4 is 24.8 Å². The van der Waals surface area contributed by atoms with Crippen LogP contribution in [0, 0.1) is 12.0 Å². The molecule has 0 saturated carbocycles. The smallest absolute Gasteiger partial charge is 0 e. The molecule has 0 aromatic rings. The summed E-state index contributed by atoms with van der Waals surface area (Å²) in [4.78, 5) is 0. The van der Waals surface area contributed by atoms with Crippen molar-refractivity contribution in [1.82, 2.24) is 0 Å². The van der Waals surface area contributed by atoms with Crippen molar-refractivity contribution in [2.24, 2.45) is 5.92 Å². The molecule has 0 fully saturated rings. The van der Waals surface area contributed by atoms with Crippen LogP contribution in [0.5, 0.6) is 0 Å². The average Bonchev–Trinajstić information content (AvgIpc) is 2.12. The molecule has 0 bridgehead atoms. The first kappa shape index (κ1) is 17.8. The first-order chi connectivity index (χ1) is 3.80. The zero-order valence-corrected chi connectivity index (χ0v) is 9.95. The Balaban J connectivity index is -0.000000213. The van der Waals surface area contributed by atoms with Gasteiger partial charge in [0.15, 0.2) is 0 Å². The summed E-state index contributed by atoms with van der Waals surface area (Å²) in [5.41, 5.74) is 1.44. The Morgan fingerprint density at radius 3 is 2.09 bits per heavy atom. The molecule has 0 amide bonds. The zero-order valence-electron chi connectivity index (χ0n) is 6.76. The van der Waals surface area contributed by atoms with Gasteiger partial charge in [-0.15, -0.1) is 31.2 Å². The van der Waals surface area contributed by atoms with E-state index in [1.54, 1.807) is 0 Å². The topological polar surface area (TPSA) is 0 Å². The Labute approximate surface area is 96.2 Å². The Morgan fingerprint density at radius 2 is 1.91 bits per heavy atom. The van der Waals surface area contributed by atoms with Gasteiger partial charge in [-0.3, -0.25) is 6.08 Å². The summed E-state index contributed by atoms with van der Waals surface area (Å²) in [5, 5.41) is 0. The second kappa shape index (κ2) is 8.87. The Kier molecular flexibility index (Phi) is 14.3. The van der Waals surface area contributed by atoms with E-state index in [0.29, 0.717) is 5.92 Å². The molecule has 11 heavy (non-hydrogen) atoms. The van der Waals surface area contributed by atoms with Gasteiger partial charge in [0, 0.05) is 21.7 Å². The molecule has 1 rings (SSSR count). The Morgan fingerprint density at radius 1 is 1.36 bits per heavy atom. The minimum atomic E-state index is 0. The number of hydrogen-bond acceptors (Lipinski definition) is 0. The maximum absolute atomic E-state index is 3.14. The van der Waals surface area contributed by atoms with Crippen LogP contribution in [0.1, 0.15) is 20.3 Å². The maximum Gasteiger partial charge on any atom is 0 e. The number of hydrogen-bond donors (Lipinski definition) is 0. The van der Waals surface area contributed by atoms with E-state index in [0.717, 1.165) is 6.42 Å². The van der Waals surface area contributed by atoms with Gasteiger partial charge in [0.25, 0.3) is 0 Å². The van der Waals surface area contributed by atoms with Gasteiger partial charge in [-0.25, -0.2) is 6.08 Å². The van der Waals surface area contributed by atoms with Crippen LogP contribution in [0.3, 0.4) is 0 Å². The fourth-order valence-corrected chi connectivity index (χ4v) is 0.815. The largest absolute Gasteiger partial charge is 0.273 e. The predicted octanol–water partition coefficient (Wildman–Crippen LogP) is 3.17. The van der Waals surface area contributed by atoms with Crippen LogP contribution in [-0.2, 0) is 21.7 Å². The summed E-state index contributed by atoms with van der Waals surface area (Å²) in [6, 6.07) is 0. The first-order valence-corrected chi connectivity index (χ1v) is 3.07. The van der Waals surface area contributed by atoms with Crippen molar-refractivity contribution in [3.63, 3.8) is 0 Å². The molecule has 0 aliphatic heterocycles. The number of rotatable bonds is 1. The van der Waals surface area contributed by atoms with Crippen molar-refractivity contribution in [2.45, 2.75) is 20.3 Å². The van der Waals surface area contributed by atoms with Gasteiger partial charge in [-0.1, -0.05) is 19.8 Å². The molecule has 0 radical (unpaired) electrons. The van der Waals surface area contributed by atoms with E-state index >= 15 is 0 Å². The Hall–Kier alpha value is 0.774. The molecule has 0 aromatic heterocycles. The number of halogens is 2. The minimum absolute atomic E-state index is 0. The Bertz CT molecular complexity index is 139. The molecule has 0 N–H and O–H groups in total. The molecule has 0 spiro atoms. The summed E-state index contributed by atoms with van der Waals surface area (Å²) in [6.07, 6.45) is 8.47. The van der Waals surface area contributed by atoms with Crippen molar-refractivity contribution in [1.29, 1.82) is 0 Å². The van der Waals surface area contributed by atoms with Gasteiger partial charge in [-0.2, -0.15) is 11.6 Å².